The zero-order valence-corrected chi connectivity index (χ0v) is 23.0. The normalized spacial score (nSPS) is 13.3. The molecule has 1 aliphatic heterocycles. The molecule has 8 heteroatoms. The summed E-state index contributed by atoms with van der Waals surface area (Å²) in [6, 6.07) is 23.4. The van der Waals surface area contributed by atoms with Crippen LogP contribution in [0.3, 0.4) is 0 Å². The van der Waals surface area contributed by atoms with Crippen LogP contribution in [0, 0.1) is 19.7 Å². The molecule has 0 atom stereocenters. The summed E-state index contributed by atoms with van der Waals surface area (Å²) < 4.78 is 21.3. The van der Waals surface area contributed by atoms with E-state index in [0.29, 0.717) is 49.8 Å². The predicted octanol–water partition coefficient (Wildman–Crippen LogP) is 6.29. The van der Waals surface area contributed by atoms with Gasteiger partial charge in [0.1, 0.15) is 11.6 Å². The van der Waals surface area contributed by atoms with E-state index in [0.717, 1.165) is 28.2 Å². The van der Waals surface area contributed by atoms with Gasteiger partial charge in [0, 0.05) is 37.6 Å². The molecule has 3 aromatic carbocycles. The van der Waals surface area contributed by atoms with E-state index in [9.17, 15) is 14.0 Å². The first-order valence-electron chi connectivity index (χ1n) is 13.5. The third-order valence-electron chi connectivity index (χ3n) is 7.19. The molecule has 1 fully saturated rings. The summed E-state index contributed by atoms with van der Waals surface area (Å²) >= 11 is 0. The number of amides is 3. The van der Waals surface area contributed by atoms with Gasteiger partial charge in [-0.05, 0) is 80.9 Å². The molecule has 3 amide bonds. The highest BCUT2D eigenvalue weighted by Crippen LogP contribution is 2.31. The van der Waals surface area contributed by atoms with Crippen LogP contribution in [-0.4, -0.2) is 59.1 Å². The minimum absolute atomic E-state index is 0.0894. The van der Waals surface area contributed by atoms with Gasteiger partial charge < -0.3 is 24.4 Å². The second-order valence-corrected chi connectivity index (χ2v) is 9.85. The molecule has 1 aliphatic rings. The highest BCUT2D eigenvalue weighted by Gasteiger charge is 2.28. The molecule has 40 heavy (non-hydrogen) atoms. The molecule has 0 unspecified atom stereocenters. The van der Waals surface area contributed by atoms with E-state index in [2.05, 4.69) is 5.32 Å². The lowest BCUT2D eigenvalue weighted by Crippen LogP contribution is -2.51. The first kappa shape index (κ1) is 27.0. The quantitative estimate of drug-likeness (QED) is 0.313. The van der Waals surface area contributed by atoms with Crippen molar-refractivity contribution in [2.75, 3.05) is 38.1 Å². The Bertz CT molecular complexity index is 1500. The fourth-order valence-electron chi connectivity index (χ4n) is 5.01. The number of para-hydroxylation sites is 2. The van der Waals surface area contributed by atoms with Gasteiger partial charge in [0.25, 0.3) is 5.91 Å². The van der Waals surface area contributed by atoms with E-state index in [1.54, 1.807) is 21.9 Å². The number of aryl methyl sites for hydroxylation is 1. The number of nitrogens with one attached hydrogen (secondary N) is 1. The van der Waals surface area contributed by atoms with Crippen molar-refractivity contribution in [1.82, 2.24) is 14.4 Å². The van der Waals surface area contributed by atoms with Gasteiger partial charge in [0.15, 0.2) is 0 Å². The first-order valence-corrected chi connectivity index (χ1v) is 13.5. The second-order valence-electron chi connectivity index (χ2n) is 9.85. The average Bonchev–Trinajstić information content (AvgIpc) is 3.31. The Balaban J connectivity index is 1.34. The van der Waals surface area contributed by atoms with Crippen LogP contribution in [-0.2, 0) is 0 Å². The minimum Gasteiger partial charge on any atom is -0.492 e. The highest BCUT2D eigenvalue weighted by atomic mass is 19.1. The maximum absolute atomic E-state index is 13.8. The summed E-state index contributed by atoms with van der Waals surface area (Å²) in [6.07, 6.45) is 0. The first-order chi connectivity index (χ1) is 19.4. The molecule has 206 valence electrons. The summed E-state index contributed by atoms with van der Waals surface area (Å²) in [5.41, 5.74) is 5.71. The van der Waals surface area contributed by atoms with Gasteiger partial charge >= 0.3 is 6.03 Å². The van der Waals surface area contributed by atoms with Crippen LogP contribution in [0.2, 0.25) is 0 Å². The lowest BCUT2D eigenvalue weighted by molar-refractivity contribution is 0.0671. The third-order valence-corrected chi connectivity index (χ3v) is 7.19. The molecule has 1 saturated heterocycles. The van der Waals surface area contributed by atoms with E-state index >= 15 is 0 Å². The van der Waals surface area contributed by atoms with Crippen molar-refractivity contribution < 1.29 is 18.7 Å². The van der Waals surface area contributed by atoms with Gasteiger partial charge in [0.2, 0.25) is 0 Å². The van der Waals surface area contributed by atoms with Gasteiger partial charge in [-0.15, -0.1) is 0 Å². The van der Waals surface area contributed by atoms with E-state index in [-0.39, 0.29) is 17.8 Å². The number of ether oxygens (including phenoxy) is 1. The van der Waals surface area contributed by atoms with E-state index in [1.165, 1.54) is 12.1 Å². The number of rotatable bonds is 6. The fraction of sp³-hybridized carbons (Fsp3) is 0.250. The Labute approximate surface area is 233 Å². The van der Waals surface area contributed by atoms with Crippen molar-refractivity contribution in [3.05, 3.63) is 102 Å². The average molecular weight is 541 g/mol. The molecule has 1 aromatic heterocycles. The number of hydrogen-bond acceptors (Lipinski definition) is 3. The number of carbonyl (C=O) groups is 2. The largest absolute Gasteiger partial charge is 0.492 e. The smallest absolute Gasteiger partial charge is 0.322 e. The number of aromatic nitrogens is 1. The number of carbonyl (C=O) groups excluding carboxylic acids is 2. The number of anilines is 1. The zero-order valence-electron chi connectivity index (χ0n) is 23.0. The summed E-state index contributed by atoms with van der Waals surface area (Å²) in [4.78, 5) is 30.2. The van der Waals surface area contributed by atoms with Gasteiger partial charge in [-0.1, -0.05) is 29.8 Å². The lowest BCUT2D eigenvalue weighted by atomic mass is 10.1. The Morgan fingerprint density at radius 2 is 1.52 bits per heavy atom. The Kier molecular flexibility index (Phi) is 7.86. The molecule has 7 nitrogen and oxygen atoms in total. The third kappa shape index (κ3) is 5.57. The minimum atomic E-state index is -0.312. The Hall–Kier alpha value is -4.59. The number of urea groups is 1. The van der Waals surface area contributed by atoms with Gasteiger partial charge in [-0.2, -0.15) is 0 Å². The van der Waals surface area contributed by atoms with Crippen LogP contribution in [0.15, 0.2) is 78.9 Å². The second kappa shape index (κ2) is 11.7. The van der Waals surface area contributed by atoms with Crippen LogP contribution < -0.4 is 10.1 Å². The monoisotopic (exact) mass is 540 g/mol. The lowest BCUT2D eigenvalue weighted by Gasteiger charge is -2.34. The molecule has 0 saturated carbocycles. The highest BCUT2D eigenvalue weighted by molar-refractivity contribution is 5.98. The van der Waals surface area contributed by atoms with Crippen LogP contribution in [0.1, 0.15) is 28.5 Å². The molecule has 0 radical (unpaired) electrons. The zero-order chi connectivity index (χ0) is 28.2. The summed E-state index contributed by atoms with van der Waals surface area (Å²) in [6.45, 7) is 8.02. The van der Waals surface area contributed by atoms with E-state index in [1.807, 2.05) is 79.9 Å². The summed E-state index contributed by atoms with van der Waals surface area (Å²) in [7, 11) is 0. The van der Waals surface area contributed by atoms with E-state index < -0.39 is 0 Å². The number of nitrogens with zero attached hydrogens (tertiary/aromatic N) is 3. The molecular formula is C32H33FN4O3. The van der Waals surface area contributed by atoms with E-state index in [4.69, 9.17) is 4.74 Å². The van der Waals surface area contributed by atoms with Crippen LogP contribution in [0.5, 0.6) is 5.75 Å². The Morgan fingerprint density at radius 3 is 2.20 bits per heavy atom. The maximum atomic E-state index is 13.8. The number of benzene rings is 3. The molecule has 5 rings (SSSR count). The number of halogens is 1. The molecule has 0 spiro atoms. The topological polar surface area (TPSA) is 66.8 Å². The van der Waals surface area contributed by atoms with Gasteiger partial charge in [-0.25, -0.2) is 9.18 Å². The SMILES string of the molecule is CCOc1ccccc1NC(=O)N1CCN(C(=O)c2cc(-c3ccc(F)cc3)n(-c3ccc(C)cc3)c2C)CC1. The van der Waals surface area contributed by atoms with Crippen molar-refractivity contribution in [2.24, 2.45) is 0 Å². The predicted molar refractivity (Wildman–Crippen MR) is 155 cm³/mol. The molecule has 4 aromatic rings. The molecule has 0 bridgehead atoms. The van der Waals surface area contributed by atoms with Crippen molar-refractivity contribution in [3.8, 4) is 22.7 Å². The maximum Gasteiger partial charge on any atom is 0.322 e. The van der Waals surface area contributed by atoms with Crippen molar-refractivity contribution in [1.29, 1.82) is 0 Å². The molecule has 2 heterocycles. The van der Waals surface area contributed by atoms with Crippen LogP contribution in [0.4, 0.5) is 14.9 Å². The van der Waals surface area contributed by atoms with Crippen molar-refractivity contribution in [2.45, 2.75) is 20.8 Å². The summed E-state index contributed by atoms with van der Waals surface area (Å²) in [5, 5.41) is 2.93. The summed E-state index contributed by atoms with van der Waals surface area (Å²) in [5.74, 6) is 0.222. The molecular weight excluding hydrogens is 507 g/mol. The number of hydrogen-bond donors (Lipinski definition) is 1. The standard InChI is InChI=1S/C32H33FN4O3/c1-4-40-30-8-6-5-7-28(30)34-32(39)36-19-17-35(18-20-36)31(38)27-21-29(24-11-13-25(33)14-12-24)37(23(27)3)26-15-9-22(2)10-16-26/h5-16,21H,4,17-20H2,1-3H3,(H,34,39). The molecule has 1 N–H and O–H groups in total. The van der Waals surface area contributed by atoms with Gasteiger partial charge in [0.05, 0.1) is 23.6 Å². The van der Waals surface area contributed by atoms with Gasteiger partial charge in [-0.3, -0.25) is 4.79 Å². The van der Waals surface area contributed by atoms with Crippen LogP contribution in [0.25, 0.3) is 16.9 Å². The number of piperazine rings is 1. The van der Waals surface area contributed by atoms with Crippen molar-refractivity contribution >= 4 is 17.6 Å². The van der Waals surface area contributed by atoms with Crippen LogP contribution >= 0.6 is 0 Å². The van der Waals surface area contributed by atoms with Crippen molar-refractivity contribution in [3.63, 3.8) is 0 Å². The molecule has 0 aliphatic carbocycles. The Morgan fingerprint density at radius 1 is 0.875 bits per heavy atom. The fourth-order valence-corrected chi connectivity index (χ4v) is 5.01.